The van der Waals surface area contributed by atoms with Crippen molar-refractivity contribution in [3.63, 3.8) is 0 Å². The van der Waals surface area contributed by atoms with Gasteiger partial charge in [-0.3, -0.25) is 4.99 Å². The smallest absolute Gasteiger partial charge is 0.174 e. The highest BCUT2D eigenvalue weighted by atomic mass is 15.0. The minimum atomic E-state index is 0.676. The van der Waals surface area contributed by atoms with Crippen molar-refractivity contribution in [3.8, 4) is 0 Å². The molecule has 4 nitrogen and oxygen atoms in total. The van der Waals surface area contributed by atoms with E-state index in [4.69, 9.17) is 0 Å². The predicted octanol–water partition coefficient (Wildman–Crippen LogP) is 1.39. The lowest BCUT2D eigenvalue weighted by molar-refractivity contribution is 1.13. The Morgan fingerprint density at radius 3 is 2.73 bits per heavy atom. The standard InChI is InChI=1S/C7H10N4/c1-5-7(9-4-8-3)11-6(2)10-5/h4H,3H2,1-2H3,(H,10,11)/b9-4-. The Morgan fingerprint density at radius 2 is 2.27 bits per heavy atom. The number of aliphatic imine (C=N–C) groups is 2. The van der Waals surface area contributed by atoms with Gasteiger partial charge in [-0.1, -0.05) is 0 Å². The Kier molecular flexibility index (Phi) is 2.15. The summed E-state index contributed by atoms with van der Waals surface area (Å²) in [5.41, 5.74) is 0.947. The summed E-state index contributed by atoms with van der Waals surface area (Å²) in [4.78, 5) is 14.6. The number of nitrogens with one attached hydrogen (secondary N) is 1. The predicted molar refractivity (Wildman–Crippen MR) is 45.8 cm³/mol. The normalized spacial score (nSPS) is 10.7. The summed E-state index contributed by atoms with van der Waals surface area (Å²) >= 11 is 0. The molecule has 0 aromatic carbocycles. The van der Waals surface area contributed by atoms with Crippen molar-refractivity contribution in [2.75, 3.05) is 0 Å². The van der Waals surface area contributed by atoms with E-state index in [0.29, 0.717) is 5.82 Å². The lowest BCUT2D eigenvalue weighted by atomic mass is 10.5. The topological polar surface area (TPSA) is 53.4 Å². The van der Waals surface area contributed by atoms with Gasteiger partial charge in [0.1, 0.15) is 12.2 Å². The molecule has 1 heterocycles. The summed E-state index contributed by atoms with van der Waals surface area (Å²) in [6.45, 7) is 7.07. The quantitative estimate of drug-likeness (QED) is 0.502. The van der Waals surface area contributed by atoms with Crippen LogP contribution in [0.3, 0.4) is 0 Å². The molecule has 11 heavy (non-hydrogen) atoms. The van der Waals surface area contributed by atoms with E-state index in [-0.39, 0.29) is 0 Å². The highest BCUT2D eigenvalue weighted by Crippen LogP contribution is 2.12. The van der Waals surface area contributed by atoms with E-state index in [9.17, 15) is 0 Å². The number of aromatic amines is 1. The zero-order valence-electron chi connectivity index (χ0n) is 6.63. The Hall–Kier alpha value is -1.45. The molecular weight excluding hydrogens is 140 g/mol. The maximum Gasteiger partial charge on any atom is 0.174 e. The van der Waals surface area contributed by atoms with Crippen molar-refractivity contribution in [2.24, 2.45) is 9.98 Å². The summed E-state index contributed by atoms with van der Waals surface area (Å²) in [6.07, 6.45) is 1.38. The summed E-state index contributed by atoms with van der Waals surface area (Å²) in [6, 6.07) is 0. The van der Waals surface area contributed by atoms with E-state index >= 15 is 0 Å². The van der Waals surface area contributed by atoms with Crippen LogP contribution in [0.2, 0.25) is 0 Å². The number of hydrogen-bond acceptors (Lipinski definition) is 2. The molecule has 0 fully saturated rings. The number of rotatable bonds is 2. The first-order valence-electron chi connectivity index (χ1n) is 3.25. The van der Waals surface area contributed by atoms with Gasteiger partial charge in [0.2, 0.25) is 0 Å². The van der Waals surface area contributed by atoms with Crippen LogP contribution in [0.1, 0.15) is 11.5 Å². The van der Waals surface area contributed by atoms with Gasteiger partial charge in [0.05, 0.1) is 5.69 Å². The van der Waals surface area contributed by atoms with Crippen molar-refractivity contribution >= 4 is 18.9 Å². The third-order valence-corrected chi connectivity index (χ3v) is 1.24. The molecule has 0 atom stereocenters. The third-order valence-electron chi connectivity index (χ3n) is 1.24. The number of hydrogen-bond donors (Lipinski definition) is 1. The average molecular weight is 150 g/mol. The fourth-order valence-electron chi connectivity index (χ4n) is 0.819. The van der Waals surface area contributed by atoms with Gasteiger partial charge in [-0.2, -0.15) is 0 Å². The van der Waals surface area contributed by atoms with Gasteiger partial charge < -0.3 is 4.98 Å². The second-order valence-electron chi connectivity index (χ2n) is 2.20. The zero-order valence-corrected chi connectivity index (χ0v) is 6.63. The molecule has 1 N–H and O–H groups in total. The van der Waals surface area contributed by atoms with E-state index in [2.05, 4.69) is 26.7 Å². The van der Waals surface area contributed by atoms with Gasteiger partial charge in [-0.15, -0.1) is 0 Å². The van der Waals surface area contributed by atoms with Gasteiger partial charge in [0, 0.05) is 0 Å². The number of H-pyrrole nitrogens is 1. The molecule has 1 rings (SSSR count). The fraction of sp³-hybridized carbons (Fsp3) is 0.286. The Labute approximate surface area is 65.1 Å². The van der Waals surface area contributed by atoms with E-state index < -0.39 is 0 Å². The van der Waals surface area contributed by atoms with Gasteiger partial charge in [-0.25, -0.2) is 9.98 Å². The molecule has 0 spiro atoms. The third kappa shape index (κ3) is 1.73. The Morgan fingerprint density at radius 1 is 1.55 bits per heavy atom. The molecule has 0 saturated heterocycles. The van der Waals surface area contributed by atoms with Gasteiger partial charge in [-0.05, 0) is 20.6 Å². The molecule has 58 valence electrons. The number of imidazole rings is 1. The Balaban J connectivity index is 2.93. The molecule has 0 saturated carbocycles. The van der Waals surface area contributed by atoms with Crippen molar-refractivity contribution in [3.05, 3.63) is 11.5 Å². The maximum atomic E-state index is 4.11. The first kappa shape index (κ1) is 7.65. The van der Waals surface area contributed by atoms with Crippen molar-refractivity contribution in [2.45, 2.75) is 13.8 Å². The van der Waals surface area contributed by atoms with Crippen LogP contribution in [0.25, 0.3) is 0 Å². The second kappa shape index (κ2) is 3.09. The molecule has 0 aliphatic rings. The molecule has 0 aliphatic carbocycles. The van der Waals surface area contributed by atoms with Crippen molar-refractivity contribution < 1.29 is 0 Å². The van der Waals surface area contributed by atoms with Crippen LogP contribution < -0.4 is 0 Å². The van der Waals surface area contributed by atoms with Crippen molar-refractivity contribution in [1.29, 1.82) is 0 Å². The minimum absolute atomic E-state index is 0.676. The monoisotopic (exact) mass is 150 g/mol. The fourth-order valence-corrected chi connectivity index (χ4v) is 0.819. The largest absolute Gasteiger partial charge is 0.344 e. The van der Waals surface area contributed by atoms with Crippen LogP contribution in [-0.4, -0.2) is 23.0 Å². The summed E-state index contributed by atoms with van der Waals surface area (Å²) in [5.74, 6) is 1.54. The highest BCUT2D eigenvalue weighted by Gasteiger charge is 1.99. The first-order valence-corrected chi connectivity index (χ1v) is 3.25. The van der Waals surface area contributed by atoms with Crippen molar-refractivity contribution in [1.82, 2.24) is 9.97 Å². The summed E-state index contributed by atoms with van der Waals surface area (Å²) < 4.78 is 0. The van der Waals surface area contributed by atoms with Crippen LogP contribution in [0.4, 0.5) is 5.82 Å². The van der Waals surface area contributed by atoms with Crippen LogP contribution in [-0.2, 0) is 0 Å². The molecule has 1 aromatic rings. The Bertz CT molecular complexity index is 285. The summed E-state index contributed by atoms with van der Waals surface area (Å²) in [7, 11) is 0. The average Bonchev–Trinajstić information content (AvgIpc) is 2.26. The molecular formula is C7H10N4. The van der Waals surface area contributed by atoms with Gasteiger partial charge in [0.25, 0.3) is 0 Å². The van der Waals surface area contributed by atoms with Gasteiger partial charge >= 0.3 is 0 Å². The van der Waals surface area contributed by atoms with E-state index in [1.54, 1.807) is 0 Å². The van der Waals surface area contributed by atoms with Crippen LogP contribution in [0.5, 0.6) is 0 Å². The van der Waals surface area contributed by atoms with E-state index in [1.807, 2.05) is 13.8 Å². The van der Waals surface area contributed by atoms with Crippen LogP contribution in [0, 0.1) is 13.8 Å². The molecule has 0 bridgehead atoms. The molecule has 4 heteroatoms. The lowest BCUT2D eigenvalue weighted by Crippen LogP contribution is -1.70. The number of aryl methyl sites for hydroxylation is 2. The number of nitrogens with zero attached hydrogens (tertiary/aromatic N) is 3. The van der Waals surface area contributed by atoms with Crippen LogP contribution in [0.15, 0.2) is 9.98 Å². The molecule has 0 unspecified atom stereocenters. The number of aromatic nitrogens is 2. The SMILES string of the molecule is C=N/C=N\c1nc(C)[nH]c1C. The lowest BCUT2D eigenvalue weighted by Gasteiger charge is -1.83. The molecule has 0 aliphatic heterocycles. The van der Waals surface area contributed by atoms with E-state index in [0.717, 1.165) is 11.5 Å². The molecule has 0 radical (unpaired) electrons. The first-order chi connectivity index (χ1) is 5.24. The highest BCUT2D eigenvalue weighted by molar-refractivity contribution is 5.65. The zero-order chi connectivity index (χ0) is 8.27. The second-order valence-corrected chi connectivity index (χ2v) is 2.20. The maximum absolute atomic E-state index is 4.11. The molecule has 1 aromatic heterocycles. The van der Waals surface area contributed by atoms with E-state index in [1.165, 1.54) is 6.34 Å². The summed E-state index contributed by atoms with van der Waals surface area (Å²) in [5, 5.41) is 0. The minimum Gasteiger partial charge on any atom is -0.344 e. The van der Waals surface area contributed by atoms with Gasteiger partial charge in [0.15, 0.2) is 5.82 Å². The molecule has 0 amide bonds. The van der Waals surface area contributed by atoms with Crippen LogP contribution >= 0.6 is 0 Å².